The molecule has 0 heterocycles. The van der Waals surface area contributed by atoms with Crippen LogP contribution in [0.4, 0.5) is 0 Å². The van der Waals surface area contributed by atoms with E-state index in [4.69, 9.17) is 16.3 Å². The largest absolute Gasteiger partial charge is 0.481 e. The molecule has 3 nitrogen and oxygen atoms in total. The SMILES string of the molecule is Cc1ccc(OC(C)C(=O)NCc2ccccc2Cl)cc1C. The van der Waals surface area contributed by atoms with Gasteiger partial charge in [0.05, 0.1) is 0 Å². The Morgan fingerprint density at radius 1 is 1.18 bits per heavy atom. The Hall–Kier alpha value is -2.00. The van der Waals surface area contributed by atoms with E-state index in [0.29, 0.717) is 17.3 Å². The molecule has 116 valence electrons. The Labute approximate surface area is 136 Å². The van der Waals surface area contributed by atoms with Gasteiger partial charge in [0.25, 0.3) is 5.91 Å². The number of amides is 1. The number of benzene rings is 2. The highest BCUT2D eigenvalue weighted by atomic mass is 35.5. The van der Waals surface area contributed by atoms with Gasteiger partial charge in [0.1, 0.15) is 5.75 Å². The molecular weight excluding hydrogens is 298 g/mol. The first-order valence-electron chi connectivity index (χ1n) is 7.22. The zero-order chi connectivity index (χ0) is 16.1. The average Bonchev–Trinajstić information content (AvgIpc) is 2.50. The summed E-state index contributed by atoms with van der Waals surface area (Å²) >= 11 is 6.07. The molecule has 1 N–H and O–H groups in total. The summed E-state index contributed by atoms with van der Waals surface area (Å²) in [5.74, 6) is 0.529. The molecule has 4 heteroatoms. The van der Waals surface area contributed by atoms with Gasteiger partial charge in [-0.15, -0.1) is 0 Å². The summed E-state index contributed by atoms with van der Waals surface area (Å²) in [6.45, 7) is 6.18. The van der Waals surface area contributed by atoms with Crippen LogP contribution in [0.2, 0.25) is 5.02 Å². The van der Waals surface area contributed by atoms with Crippen molar-refractivity contribution in [3.05, 3.63) is 64.2 Å². The van der Waals surface area contributed by atoms with E-state index in [-0.39, 0.29) is 5.91 Å². The molecule has 1 unspecified atom stereocenters. The first kappa shape index (κ1) is 16.4. The summed E-state index contributed by atoms with van der Waals surface area (Å²) in [4.78, 5) is 12.1. The molecule has 0 aliphatic carbocycles. The maximum absolute atomic E-state index is 12.1. The van der Waals surface area contributed by atoms with Crippen molar-refractivity contribution in [1.82, 2.24) is 5.32 Å². The molecule has 0 bridgehead atoms. The minimum Gasteiger partial charge on any atom is -0.481 e. The second-order valence-electron chi connectivity index (χ2n) is 5.32. The zero-order valence-corrected chi connectivity index (χ0v) is 13.8. The summed E-state index contributed by atoms with van der Waals surface area (Å²) < 4.78 is 5.69. The number of hydrogen-bond donors (Lipinski definition) is 1. The normalized spacial score (nSPS) is 11.8. The van der Waals surface area contributed by atoms with Crippen LogP contribution >= 0.6 is 11.6 Å². The van der Waals surface area contributed by atoms with E-state index < -0.39 is 6.10 Å². The van der Waals surface area contributed by atoms with Crippen LogP contribution in [0, 0.1) is 13.8 Å². The molecule has 22 heavy (non-hydrogen) atoms. The van der Waals surface area contributed by atoms with Crippen LogP contribution in [-0.2, 0) is 11.3 Å². The smallest absolute Gasteiger partial charge is 0.261 e. The van der Waals surface area contributed by atoms with Crippen LogP contribution in [0.1, 0.15) is 23.6 Å². The monoisotopic (exact) mass is 317 g/mol. The van der Waals surface area contributed by atoms with Crippen molar-refractivity contribution in [1.29, 1.82) is 0 Å². The average molecular weight is 318 g/mol. The van der Waals surface area contributed by atoms with Gasteiger partial charge in [0.2, 0.25) is 0 Å². The minimum absolute atomic E-state index is 0.168. The van der Waals surface area contributed by atoms with Crippen molar-refractivity contribution in [3.8, 4) is 5.75 Å². The molecule has 0 spiro atoms. The van der Waals surface area contributed by atoms with Crippen LogP contribution in [0.25, 0.3) is 0 Å². The van der Waals surface area contributed by atoms with Crippen molar-refractivity contribution >= 4 is 17.5 Å². The minimum atomic E-state index is -0.565. The molecule has 0 aliphatic rings. The molecule has 0 saturated carbocycles. The predicted molar refractivity (Wildman–Crippen MR) is 89.3 cm³/mol. The number of nitrogens with one attached hydrogen (secondary N) is 1. The molecule has 0 radical (unpaired) electrons. The standard InChI is InChI=1S/C18H20ClNO2/c1-12-8-9-16(10-13(12)2)22-14(3)18(21)20-11-15-6-4-5-7-17(15)19/h4-10,14H,11H2,1-3H3,(H,20,21). The highest BCUT2D eigenvalue weighted by molar-refractivity contribution is 6.31. The molecule has 1 atom stereocenters. The molecule has 0 fully saturated rings. The Bertz CT molecular complexity index is 670. The highest BCUT2D eigenvalue weighted by Crippen LogP contribution is 2.18. The van der Waals surface area contributed by atoms with Crippen LogP contribution in [0.5, 0.6) is 5.75 Å². The number of rotatable bonds is 5. The molecule has 0 saturated heterocycles. The van der Waals surface area contributed by atoms with Crippen LogP contribution in [0.3, 0.4) is 0 Å². The van der Waals surface area contributed by atoms with E-state index in [1.54, 1.807) is 13.0 Å². The Morgan fingerprint density at radius 3 is 2.59 bits per heavy atom. The van der Waals surface area contributed by atoms with Gasteiger partial charge >= 0.3 is 0 Å². The first-order valence-corrected chi connectivity index (χ1v) is 7.60. The molecule has 0 aromatic heterocycles. The quantitative estimate of drug-likeness (QED) is 0.903. The topological polar surface area (TPSA) is 38.3 Å². The van der Waals surface area contributed by atoms with E-state index >= 15 is 0 Å². The Balaban J connectivity index is 1.92. The molecule has 2 aromatic rings. The second kappa shape index (κ2) is 7.32. The van der Waals surface area contributed by atoms with Crippen molar-refractivity contribution < 1.29 is 9.53 Å². The summed E-state index contributed by atoms with van der Waals surface area (Å²) in [6, 6.07) is 13.2. The Morgan fingerprint density at radius 2 is 1.91 bits per heavy atom. The molecule has 0 aliphatic heterocycles. The van der Waals surface area contributed by atoms with Crippen molar-refractivity contribution in [3.63, 3.8) is 0 Å². The van der Waals surface area contributed by atoms with Crippen LogP contribution in [0.15, 0.2) is 42.5 Å². The fourth-order valence-electron chi connectivity index (χ4n) is 2.01. The van der Waals surface area contributed by atoms with E-state index in [9.17, 15) is 4.79 Å². The van der Waals surface area contributed by atoms with Gasteiger partial charge in [-0.05, 0) is 55.7 Å². The predicted octanol–water partition coefficient (Wildman–Crippen LogP) is 4.04. The highest BCUT2D eigenvalue weighted by Gasteiger charge is 2.15. The number of aryl methyl sites for hydroxylation is 2. The first-order chi connectivity index (χ1) is 10.5. The fraction of sp³-hybridized carbons (Fsp3) is 0.278. The Kier molecular flexibility index (Phi) is 5.45. The molecule has 2 aromatic carbocycles. The van der Waals surface area contributed by atoms with Crippen molar-refractivity contribution in [2.24, 2.45) is 0 Å². The van der Waals surface area contributed by atoms with Gasteiger partial charge in [0, 0.05) is 11.6 Å². The fourth-order valence-corrected chi connectivity index (χ4v) is 2.22. The lowest BCUT2D eigenvalue weighted by molar-refractivity contribution is -0.127. The van der Waals surface area contributed by atoms with Crippen molar-refractivity contribution in [2.45, 2.75) is 33.4 Å². The third-order valence-corrected chi connectivity index (χ3v) is 3.94. The third kappa shape index (κ3) is 4.25. The molecule has 2 rings (SSSR count). The van der Waals surface area contributed by atoms with Crippen LogP contribution in [-0.4, -0.2) is 12.0 Å². The van der Waals surface area contributed by atoms with E-state index in [0.717, 1.165) is 11.1 Å². The molecular formula is C18H20ClNO2. The summed E-state index contributed by atoms with van der Waals surface area (Å²) in [6.07, 6.45) is -0.565. The summed E-state index contributed by atoms with van der Waals surface area (Å²) in [5.41, 5.74) is 3.22. The van der Waals surface area contributed by atoms with Gasteiger partial charge in [-0.3, -0.25) is 4.79 Å². The molecule has 1 amide bonds. The van der Waals surface area contributed by atoms with Gasteiger partial charge in [0.15, 0.2) is 6.10 Å². The zero-order valence-electron chi connectivity index (χ0n) is 13.0. The van der Waals surface area contributed by atoms with Gasteiger partial charge < -0.3 is 10.1 Å². The summed E-state index contributed by atoms with van der Waals surface area (Å²) in [7, 11) is 0. The number of halogens is 1. The van der Waals surface area contributed by atoms with Crippen molar-refractivity contribution in [2.75, 3.05) is 0 Å². The van der Waals surface area contributed by atoms with E-state index in [1.807, 2.05) is 50.2 Å². The number of carbonyl (C=O) groups is 1. The lowest BCUT2D eigenvalue weighted by Crippen LogP contribution is -2.35. The van der Waals surface area contributed by atoms with E-state index in [1.165, 1.54) is 5.56 Å². The van der Waals surface area contributed by atoms with Gasteiger partial charge in [-0.25, -0.2) is 0 Å². The maximum Gasteiger partial charge on any atom is 0.261 e. The van der Waals surface area contributed by atoms with Crippen LogP contribution < -0.4 is 10.1 Å². The number of ether oxygens (including phenoxy) is 1. The summed E-state index contributed by atoms with van der Waals surface area (Å²) in [5, 5.41) is 3.48. The third-order valence-electron chi connectivity index (χ3n) is 3.57. The number of hydrogen-bond acceptors (Lipinski definition) is 2. The lowest BCUT2D eigenvalue weighted by Gasteiger charge is -2.16. The second-order valence-corrected chi connectivity index (χ2v) is 5.72. The number of carbonyl (C=O) groups excluding carboxylic acids is 1. The maximum atomic E-state index is 12.1. The lowest BCUT2D eigenvalue weighted by atomic mass is 10.1. The van der Waals surface area contributed by atoms with Gasteiger partial charge in [-0.1, -0.05) is 35.9 Å². The van der Waals surface area contributed by atoms with Gasteiger partial charge in [-0.2, -0.15) is 0 Å². The van der Waals surface area contributed by atoms with E-state index in [2.05, 4.69) is 5.32 Å².